The Hall–Kier alpha value is -1.45. The van der Waals surface area contributed by atoms with E-state index >= 15 is 0 Å². The molecule has 0 N–H and O–H groups in total. The molecule has 0 aromatic rings. The summed E-state index contributed by atoms with van der Waals surface area (Å²) in [6, 6.07) is 0. The van der Waals surface area contributed by atoms with E-state index in [-0.39, 0.29) is 34.6 Å². The average molecular weight is 373 g/mol. The van der Waals surface area contributed by atoms with E-state index in [0.29, 0.717) is 30.0 Å². The number of carbonyl (C=O) groups is 3. The van der Waals surface area contributed by atoms with Gasteiger partial charge >= 0.3 is 5.97 Å². The highest BCUT2D eigenvalue weighted by Gasteiger charge is 2.62. The van der Waals surface area contributed by atoms with Crippen LogP contribution >= 0.6 is 0 Å². The predicted molar refractivity (Wildman–Crippen MR) is 102 cm³/mol. The van der Waals surface area contributed by atoms with Gasteiger partial charge in [0.15, 0.2) is 5.78 Å². The number of rotatable bonds is 2. The molecule has 0 spiro atoms. The van der Waals surface area contributed by atoms with Gasteiger partial charge in [0.25, 0.3) is 0 Å². The Morgan fingerprint density at radius 3 is 2.56 bits per heavy atom. The number of hydrogen-bond donors (Lipinski definition) is 0. The highest BCUT2D eigenvalue weighted by Crippen LogP contribution is 2.65. The summed E-state index contributed by atoms with van der Waals surface area (Å²) in [6.07, 6.45) is 8.46. The Balaban J connectivity index is 1.60. The first-order chi connectivity index (χ1) is 12.7. The number of fused-ring (bicyclic) bond motifs is 5. The van der Waals surface area contributed by atoms with Crippen LogP contribution in [0.2, 0.25) is 0 Å². The van der Waals surface area contributed by atoms with E-state index in [4.69, 9.17) is 4.74 Å². The molecule has 0 aromatic carbocycles. The van der Waals surface area contributed by atoms with E-state index in [1.165, 1.54) is 6.92 Å². The van der Waals surface area contributed by atoms with E-state index in [2.05, 4.69) is 19.9 Å². The first-order valence-electron chi connectivity index (χ1n) is 10.6. The van der Waals surface area contributed by atoms with Crippen molar-refractivity contribution >= 4 is 17.5 Å². The summed E-state index contributed by atoms with van der Waals surface area (Å²) in [5.41, 5.74) is 0.643. The molecule has 0 aromatic heterocycles. The molecule has 4 aliphatic carbocycles. The zero-order chi connectivity index (χ0) is 19.6. The van der Waals surface area contributed by atoms with Gasteiger partial charge < -0.3 is 4.74 Å². The molecule has 0 bridgehead atoms. The first kappa shape index (κ1) is 18.9. The van der Waals surface area contributed by atoms with Gasteiger partial charge in [0, 0.05) is 24.7 Å². The largest absolute Gasteiger partial charge is 0.463 e. The molecule has 4 heteroatoms. The van der Waals surface area contributed by atoms with Crippen LogP contribution in [-0.4, -0.2) is 23.6 Å². The summed E-state index contributed by atoms with van der Waals surface area (Å²) in [5, 5.41) is 0. The molecule has 4 aliphatic rings. The van der Waals surface area contributed by atoms with Crippen LogP contribution in [0.15, 0.2) is 11.6 Å². The number of Topliss-reactive ketones (excluding diaryl/α,β-unsaturated/α-hetero) is 2. The van der Waals surface area contributed by atoms with Crippen LogP contribution in [0.4, 0.5) is 0 Å². The molecule has 1 unspecified atom stereocenters. The third-order valence-electron chi connectivity index (χ3n) is 8.60. The predicted octanol–water partition coefficient (Wildman–Crippen LogP) is 4.27. The molecule has 148 valence electrons. The first-order valence-corrected chi connectivity index (χ1v) is 10.6. The molecule has 7 atom stereocenters. The fourth-order valence-electron chi connectivity index (χ4n) is 7.50. The number of ketones is 2. The number of hydrogen-bond acceptors (Lipinski definition) is 4. The van der Waals surface area contributed by atoms with Gasteiger partial charge in [0.05, 0.1) is 0 Å². The van der Waals surface area contributed by atoms with Crippen molar-refractivity contribution in [3.8, 4) is 0 Å². The van der Waals surface area contributed by atoms with E-state index in [9.17, 15) is 14.4 Å². The van der Waals surface area contributed by atoms with Crippen molar-refractivity contribution in [1.29, 1.82) is 0 Å². The summed E-state index contributed by atoms with van der Waals surface area (Å²) < 4.78 is 5.50. The molecule has 0 saturated heterocycles. The minimum atomic E-state index is -0.262. The summed E-state index contributed by atoms with van der Waals surface area (Å²) in [4.78, 5) is 37.0. The quantitative estimate of drug-likeness (QED) is 0.679. The van der Waals surface area contributed by atoms with Crippen LogP contribution in [0.1, 0.15) is 72.6 Å². The second-order valence-corrected chi connectivity index (χ2v) is 10.0. The summed E-state index contributed by atoms with van der Waals surface area (Å²) in [5.74, 6) is 1.66. The van der Waals surface area contributed by atoms with E-state index in [0.717, 1.165) is 44.1 Å². The van der Waals surface area contributed by atoms with Crippen LogP contribution < -0.4 is 0 Å². The van der Waals surface area contributed by atoms with Gasteiger partial charge in [0.2, 0.25) is 0 Å². The number of carbonyl (C=O) groups excluding carboxylic acids is 3. The molecule has 3 fully saturated rings. The van der Waals surface area contributed by atoms with E-state index in [1.54, 1.807) is 6.92 Å². The van der Waals surface area contributed by atoms with Crippen molar-refractivity contribution in [3.05, 3.63) is 11.6 Å². The van der Waals surface area contributed by atoms with Crippen LogP contribution in [-0.2, 0) is 19.1 Å². The zero-order valence-corrected chi connectivity index (χ0v) is 17.0. The second-order valence-electron chi connectivity index (χ2n) is 10.0. The molecule has 3 saturated carbocycles. The topological polar surface area (TPSA) is 60.4 Å². The maximum atomic E-state index is 13.4. The minimum Gasteiger partial charge on any atom is -0.463 e. The Kier molecular flexibility index (Phi) is 4.40. The lowest BCUT2D eigenvalue weighted by Gasteiger charge is -2.59. The highest BCUT2D eigenvalue weighted by molar-refractivity contribution is 5.97. The molecule has 0 aliphatic heterocycles. The summed E-state index contributed by atoms with van der Waals surface area (Å²) in [7, 11) is 0. The van der Waals surface area contributed by atoms with Crippen molar-refractivity contribution in [2.24, 2.45) is 34.5 Å². The molecular formula is C23H32O4. The van der Waals surface area contributed by atoms with Crippen LogP contribution in [0.25, 0.3) is 0 Å². The molecule has 4 nitrogen and oxygen atoms in total. The molecular weight excluding hydrogens is 340 g/mol. The number of ether oxygens (including phenoxy) is 1. The third kappa shape index (κ3) is 2.74. The van der Waals surface area contributed by atoms with E-state index < -0.39 is 0 Å². The Morgan fingerprint density at radius 2 is 1.89 bits per heavy atom. The molecule has 0 heterocycles. The van der Waals surface area contributed by atoms with Gasteiger partial charge in [-0.1, -0.05) is 19.9 Å². The lowest BCUT2D eigenvalue weighted by molar-refractivity contribution is -0.166. The normalized spacial score (nSPS) is 46.0. The van der Waals surface area contributed by atoms with Gasteiger partial charge in [-0.3, -0.25) is 14.4 Å². The van der Waals surface area contributed by atoms with Crippen molar-refractivity contribution < 1.29 is 19.1 Å². The van der Waals surface area contributed by atoms with Crippen LogP contribution in [0.5, 0.6) is 0 Å². The third-order valence-corrected chi connectivity index (χ3v) is 8.60. The second kappa shape index (κ2) is 6.28. The maximum Gasteiger partial charge on any atom is 0.302 e. The lowest BCUT2D eigenvalue weighted by Crippen LogP contribution is -2.57. The van der Waals surface area contributed by atoms with Gasteiger partial charge in [-0.15, -0.1) is 0 Å². The summed E-state index contributed by atoms with van der Waals surface area (Å²) >= 11 is 0. The lowest BCUT2D eigenvalue weighted by atomic mass is 9.44. The molecule has 0 radical (unpaired) electrons. The maximum absolute atomic E-state index is 13.4. The van der Waals surface area contributed by atoms with Gasteiger partial charge in [-0.25, -0.2) is 0 Å². The van der Waals surface area contributed by atoms with Gasteiger partial charge in [-0.05, 0) is 74.2 Å². The van der Waals surface area contributed by atoms with E-state index in [1.807, 2.05) is 0 Å². The SMILES string of the molecule is CC(=O)O[C@@H]1CC[C@@]2(C)C(CC[C@@H]3[C@@H]2C(=O)C[C@]2(C)C(C(C)=O)=CC[C@@H]32)C1. The fourth-order valence-corrected chi connectivity index (χ4v) is 7.50. The Bertz CT molecular complexity index is 722. The van der Waals surface area contributed by atoms with Crippen LogP contribution in [0.3, 0.4) is 0 Å². The number of esters is 1. The smallest absolute Gasteiger partial charge is 0.302 e. The van der Waals surface area contributed by atoms with Crippen molar-refractivity contribution in [2.75, 3.05) is 0 Å². The monoisotopic (exact) mass is 372 g/mol. The Morgan fingerprint density at radius 1 is 1.15 bits per heavy atom. The van der Waals surface area contributed by atoms with Crippen molar-refractivity contribution in [1.82, 2.24) is 0 Å². The van der Waals surface area contributed by atoms with Gasteiger partial charge in [-0.2, -0.15) is 0 Å². The molecule has 27 heavy (non-hydrogen) atoms. The van der Waals surface area contributed by atoms with Crippen LogP contribution in [0, 0.1) is 34.5 Å². The summed E-state index contributed by atoms with van der Waals surface area (Å²) in [6.45, 7) is 7.59. The number of allylic oxidation sites excluding steroid dienone is 2. The van der Waals surface area contributed by atoms with Gasteiger partial charge in [0.1, 0.15) is 11.9 Å². The standard InChI is InChI=1S/C23H32O4/c1-13(24)18-7-8-19-17-6-5-15-11-16(27-14(2)25)9-10-22(15,3)21(17)20(26)12-23(18,19)4/h7,15-17,19,21H,5-6,8-12H2,1-4H3/t15?,16-,17+,19+,21-,22+,23-/m1/s1. The molecule has 0 amide bonds. The van der Waals surface area contributed by atoms with Crippen molar-refractivity contribution in [3.63, 3.8) is 0 Å². The Labute approximate surface area is 162 Å². The zero-order valence-electron chi connectivity index (χ0n) is 17.0. The van der Waals surface area contributed by atoms with Crippen molar-refractivity contribution in [2.45, 2.75) is 78.7 Å². The average Bonchev–Trinajstić information content (AvgIpc) is 2.91. The molecule has 4 rings (SSSR count). The fraction of sp³-hybridized carbons (Fsp3) is 0.783. The minimum absolute atomic E-state index is 0.0109. The highest BCUT2D eigenvalue weighted by atomic mass is 16.5.